The van der Waals surface area contributed by atoms with Crippen molar-refractivity contribution in [2.45, 2.75) is 26.2 Å². The third kappa shape index (κ3) is 4.10. The third-order valence-electron chi connectivity index (χ3n) is 4.75. The van der Waals surface area contributed by atoms with Crippen LogP contribution in [0.3, 0.4) is 0 Å². The number of hydrogen-bond donors (Lipinski definition) is 0. The molecule has 5 heteroatoms. The lowest BCUT2D eigenvalue weighted by molar-refractivity contribution is -0.131. The topological polar surface area (TPSA) is 50.3 Å². The molecule has 1 saturated heterocycles. The maximum Gasteiger partial charge on any atom is 0.227 e. The number of Topliss-reactive ketones (excluding diaryl/α,β-unsaturated/α-hetero) is 1. The first kappa shape index (κ1) is 17.3. The number of rotatable bonds is 4. The van der Waals surface area contributed by atoms with E-state index in [4.69, 9.17) is 0 Å². The second-order valence-electron chi connectivity index (χ2n) is 6.53. The molecule has 1 aliphatic heterocycles. The van der Waals surface area contributed by atoms with E-state index in [9.17, 15) is 14.0 Å². The van der Waals surface area contributed by atoms with Gasteiger partial charge in [0.05, 0.1) is 6.42 Å². The van der Waals surface area contributed by atoms with Crippen LogP contribution >= 0.6 is 0 Å². The van der Waals surface area contributed by atoms with Gasteiger partial charge in [0.2, 0.25) is 5.91 Å². The number of benzene rings is 1. The Kier molecular flexibility index (Phi) is 5.22. The standard InChI is InChI=1S/C20H21FN2O2/c1-14-12-22-9-8-16(14)11-19(24)23-10-2-3-17(13-23)20(25)15-4-6-18(21)7-5-15/h4-9,12,17H,2-3,10-11,13H2,1H3. The van der Waals surface area contributed by atoms with Crippen molar-refractivity contribution in [2.75, 3.05) is 13.1 Å². The van der Waals surface area contributed by atoms with Crippen LogP contribution in [-0.4, -0.2) is 34.7 Å². The smallest absolute Gasteiger partial charge is 0.227 e. The summed E-state index contributed by atoms with van der Waals surface area (Å²) in [6.45, 7) is 3.04. The number of carbonyl (C=O) groups excluding carboxylic acids is 2. The van der Waals surface area contributed by atoms with Gasteiger partial charge in [-0.15, -0.1) is 0 Å². The van der Waals surface area contributed by atoms with E-state index in [0.29, 0.717) is 25.1 Å². The zero-order valence-electron chi connectivity index (χ0n) is 14.2. The number of carbonyl (C=O) groups is 2. The summed E-state index contributed by atoms with van der Waals surface area (Å²) < 4.78 is 13.0. The van der Waals surface area contributed by atoms with E-state index in [2.05, 4.69) is 4.98 Å². The average molecular weight is 340 g/mol. The highest BCUT2D eigenvalue weighted by atomic mass is 19.1. The Morgan fingerprint density at radius 1 is 1.24 bits per heavy atom. The molecule has 1 unspecified atom stereocenters. The number of aromatic nitrogens is 1. The van der Waals surface area contributed by atoms with Gasteiger partial charge >= 0.3 is 0 Å². The van der Waals surface area contributed by atoms with Gasteiger partial charge < -0.3 is 4.90 Å². The van der Waals surface area contributed by atoms with Gasteiger partial charge in [0.25, 0.3) is 0 Å². The maximum atomic E-state index is 13.0. The molecule has 4 nitrogen and oxygen atoms in total. The molecule has 0 aliphatic carbocycles. The van der Waals surface area contributed by atoms with Crippen LogP contribution in [0, 0.1) is 18.7 Å². The van der Waals surface area contributed by atoms with E-state index >= 15 is 0 Å². The van der Waals surface area contributed by atoms with Gasteiger partial charge in [-0.25, -0.2) is 4.39 Å². The Morgan fingerprint density at radius 3 is 2.72 bits per heavy atom. The summed E-state index contributed by atoms with van der Waals surface area (Å²) in [4.78, 5) is 31.1. The molecule has 1 fully saturated rings. The summed E-state index contributed by atoms with van der Waals surface area (Å²) in [6, 6.07) is 7.48. The summed E-state index contributed by atoms with van der Waals surface area (Å²) in [5, 5.41) is 0. The monoisotopic (exact) mass is 340 g/mol. The normalized spacial score (nSPS) is 17.4. The van der Waals surface area contributed by atoms with Crippen molar-refractivity contribution in [2.24, 2.45) is 5.92 Å². The number of piperidine rings is 1. The van der Waals surface area contributed by atoms with Gasteiger partial charge in [-0.05, 0) is 61.2 Å². The van der Waals surface area contributed by atoms with Crippen LogP contribution in [0.1, 0.15) is 34.3 Å². The minimum Gasteiger partial charge on any atom is -0.342 e. The second-order valence-corrected chi connectivity index (χ2v) is 6.53. The lowest BCUT2D eigenvalue weighted by atomic mass is 9.89. The predicted octanol–water partition coefficient (Wildman–Crippen LogP) is 3.19. The van der Waals surface area contributed by atoms with Gasteiger partial charge in [-0.2, -0.15) is 0 Å². The summed E-state index contributed by atoms with van der Waals surface area (Å²) in [5.74, 6) is -0.560. The van der Waals surface area contributed by atoms with Crippen LogP contribution in [0.4, 0.5) is 4.39 Å². The number of ketones is 1. The number of aryl methyl sites for hydroxylation is 1. The minimum atomic E-state index is -0.357. The summed E-state index contributed by atoms with van der Waals surface area (Å²) in [6.07, 6.45) is 5.32. The highest BCUT2D eigenvalue weighted by Gasteiger charge is 2.29. The lowest BCUT2D eigenvalue weighted by Gasteiger charge is -2.32. The van der Waals surface area contributed by atoms with E-state index in [-0.39, 0.29) is 23.4 Å². The number of amides is 1. The third-order valence-corrected chi connectivity index (χ3v) is 4.75. The van der Waals surface area contributed by atoms with Gasteiger partial charge in [-0.3, -0.25) is 14.6 Å². The summed E-state index contributed by atoms with van der Waals surface area (Å²) >= 11 is 0. The summed E-state index contributed by atoms with van der Waals surface area (Å²) in [5.41, 5.74) is 2.46. The molecule has 0 radical (unpaired) electrons. The van der Waals surface area contributed by atoms with Crippen LogP contribution < -0.4 is 0 Å². The van der Waals surface area contributed by atoms with Gasteiger partial charge in [0.1, 0.15) is 5.82 Å². The van der Waals surface area contributed by atoms with Crippen molar-refractivity contribution in [3.8, 4) is 0 Å². The zero-order chi connectivity index (χ0) is 17.8. The molecule has 0 spiro atoms. The van der Waals surface area contributed by atoms with Crippen molar-refractivity contribution in [3.63, 3.8) is 0 Å². The molecular weight excluding hydrogens is 319 g/mol. The highest BCUT2D eigenvalue weighted by Crippen LogP contribution is 2.22. The van der Waals surface area contributed by atoms with E-state index in [0.717, 1.165) is 24.0 Å². The van der Waals surface area contributed by atoms with Crippen LogP contribution in [0.5, 0.6) is 0 Å². The van der Waals surface area contributed by atoms with Crippen molar-refractivity contribution in [1.29, 1.82) is 0 Å². The lowest BCUT2D eigenvalue weighted by Crippen LogP contribution is -2.43. The highest BCUT2D eigenvalue weighted by molar-refractivity contribution is 5.98. The fraction of sp³-hybridized carbons (Fsp3) is 0.350. The second kappa shape index (κ2) is 7.55. The first-order valence-electron chi connectivity index (χ1n) is 8.51. The van der Waals surface area contributed by atoms with Gasteiger partial charge in [0, 0.05) is 37.0 Å². The fourth-order valence-corrected chi connectivity index (χ4v) is 3.24. The van der Waals surface area contributed by atoms with Crippen LogP contribution in [-0.2, 0) is 11.2 Å². The fourth-order valence-electron chi connectivity index (χ4n) is 3.24. The first-order valence-corrected chi connectivity index (χ1v) is 8.51. The summed E-state index contributed by atoms with van der Waals surface area (Å²) in [7, 11) is 0. The SMILES string of the molecule is Cc1cnccc1CC(=O)N1CCCC(C(=O)c2ccc(F)cc2)C1. The van der Waals surface area contributed by atoms with E-state index in [1.54, 1.807) is 17.3 Å². The molecule has 2 heterocycles. The molecule has 1 amide bonds. The van der Waals surface area contributed by atoms with Crippen molar-refractivity contribution < 1.29 is 14.0 Å². The quantitative estimate of drug-likeness (QED) is 0.803. The maximum absolute atomic E-state index is 13.0. The molecular formula is C20H21FN2O2. The van der Waals surface area contributed by atoms with Crippen molar-refractivity contribution >= 4 is 11.7 Å². The minimum absolute atomic E-state index is 0.0161. The Balaban J connectivity index is 1.66. The molecule has 0 N–H and O–H groups in total. The number of pyridine rings is 1. The molecule has 130 valence electrons. The molecule has 1 atom stereocenters. The van der Waals surface area contributed by atoms with Crippen LogP contribution in [0.2, 0.25) is 0 Å². The predicted molar refractivity (Wildman–Crippen MR) is 92.7 cm³/mol. The molecule has 0 bridgehead atoms. The van der Waals surface area contributed by atoms with E-state index in [1.165, 1.54) is 24.3 Å². The number of halogens is 1. The molecule has 3 rings (SSSR count). The van der Waals surface area contributed by atoms with Gasteiger partial charge in [-0.1, -0.05) is 0 Å². The zero-order valence-corrected chi connectivity index (χ0v) is 14.2. The molecule has 1 aliphatic rings. The Bertz CT molecular complexity index is 774. The number of likely N-dealkylation sites (tertiary alicyclic amines) is 1. The van der Waals surface area contributed by atoms with Gasteiger partial charge in [0.15, 0.2) is 5.78 Å². The molecule has 2 aromatic rings. The number of hydrogen-bond acceptors (Lipinski definition) is 3. The van der Waals surface area contributed by atoms with Crippen LogP contribution in [0.25, 0.3) is 0 Å². The van der Waals surface area contributed by atoms with E-state index in [1.807, 2.05) is 13.0 Å². The molecule has 1 aromatic carbocycles. The average Bonchev–Trinajstić information content (AvgIpc) is 2.64. The molecule has 0 saturated carbocycles. The first-order chi connectivity index (χ1) is 12.0. The largest absolute Gasteiger partial charge is 0.342 e. The Hall–Kier alpha value is -2.56. The van der Waals surface area contributed by atoms with Crippen molar-refractivity contribution in [3.05, 3.63) is 65.2 Å². The Labute approximate surface area is 146 Å². The molecule has 1 aromatic heterocycles. The van der Waals surface area contributed by atoms with Crippen LogP contribution in [0.15, 0.2) is 42.7 Å². The Morgan fingerprint density at radius 2 is 2.00 bits per heavy atom. The number of nitrogens with zero attached hydrogens (tertiary/aromatic N) is 2. The molecule has 25 heavy (non-hydrogen) atoms. The van der Waals surface area contributed by atoms with E-state index < -0.39 is 0 Å². The van der Waals surface area contributed by atoms with Crippen molar-refractivity contribution in [1.82, 2.24) is 9.88 Å².